The first-order valence-electron chi connectivity index (χ1n) is 8.42. The number of hydrogen-bond acceptors (Lipinski definition) is 5. The molecule has 1 N–H and O–H groups in total. The number of carbonyl (C=O) groups is 1. The van der Waals surface area contributed by atoms with Gasteiger partial charge in [0.15, 0.2) is 0 Å². The van der Waals surface area contributed by atoms with Crippen LogP contribution in [-0.4, -0.2) is 39.0 Å². The Labute approximate surface area is 150 Å². The van der Waals surface area contributed by atoms with Crippen LogP contribution in [0.4, 0.5) is 0 Å². The minimum absolute atomic E-state index is 0.112. The summed E-state index contributed by atoms with van der Waals surface area (Å²) < 4.78 is 7.83. The summed E-state index contributed by atoms with van der Waals surface area (Å²) in [5, 5.41) is 11.4. The maximum atomic E-state index is 12.7. The van der Waals surface area contributed by atoms with Crippen LogP contribution in [0.5, 0.6) is 5.75 Å². The number of amides is 1. The summed E-state index contributed by atoms with van der Waals surface area (Å²) in [7, 11) is 1.61. The molecule has 0 atom stereocenters. The molecule has 0 aliphatic rings. The van der Waals surface area contributed by atoms with Gasteiger partial charge < -0.3 is 10.1 Å². The highest BCUT2D eigenvalue weighted by Gasteiger charge is 2.14. The molecule has 3 aromatic rings. The van der Waals surface area contributed by atoms with E-state index in [-0.39, 0.29) is 18.0 Å². The molecule has 0 aliphatic carbocycles. The van der Waals surface area contributed by atoms with Gasteiger partial charge >= 0.3 is 0 Å². The quantitative estimate of drug-likeness (QED) is 0.722. The molecule has 8 nitrogen and oxygen atoms in total. The Balaban J connectivity index is 1.98. The second-order valence-electron chi connectivity index (χ2n) is 5.92. The van der Waals surface area contributed by atoms with Gasteiger partial charge in [-0.1, -0.05) is 6.92 Å². The molecule has 2 aromatic heterocycles. The summed E-state index contributed by atoms with van der Waals surface area (Å²) in [5.41, 5.74) is 1.55. The van der Waals surface area contributed by atoms with E-state index in [1.165, 1.54) is 9.20 Å². The van der Waals surface area contributed by atoms with Crippen LogP contribution < -0.4 is 15.6 Å². The van der Waals surface area contributed by atoms with Crippen molar-refractivity contribution in [2.24, 2.45) is 0 Å². The van der Waals surface area contributed by atoms with Crippen molar-refractivity contribution in [3.8, 4) is 17.0 Å². The van der Waals surface area contributed by atoms with E-state index < -0.39 is 0 Å². The van der Waals surface area contributed by atoms with Crippen molar-refractivity contribution in [2.75, 3.05) is 13.7 Å². The minimum atomic E-state index is -0.352. The Kier molecular flexibility index (Phi) is 5.01. The van der Waals surface area contributed by atoms with Crippen LogP contribution in [0.3, 0.4) is 0 Å². The number of methoxy groups -OCH3 is 1. The Hall–Kier alpha value is -3.16. The van der Waals surface area contributed by atoms with Crippen molar-refractivity contribution < 1.29 is 9.53 Å². The highest BCUT2D eigenvalue weighted by molar-refractivity contribution is 5.75. The van der Waals surface area contributed by atoms with Crippen molar-refractivity contribution in [3.63, 3.8) is 0 Å². The Morgan fingerprint density at radius 2 is 1.96 bits per heavy atom. The monoisotopic (exact) mass is 355 g/mol. The lowest BCUT2D eigenvalue weighted by atomic mass is 10.1. The summed E-state index contributed by atoms with van der Waals surface area (Å²) >= 11 is 0. The zero-order chi connectivity index (χ0) is 18.7. The molecule has 0 fully saturated rings. The number of aryl methyl sites for hydroxylation is 1. The van der Waals surface area contributed by atoms with E-state index in [1.54, 1.807) is 20.1 Å². The molecule has 8 heteroatoms. The van der Waals surface area contributed by atoms with Gasteiger partial charge in [-0.3, -0.25) is 9.59 Å². The van der Waals surface area contributed by atoms with Crippen LogP contribution in [-0.2, 0) is 11.3 Å². The molecule has 0 aliphatic heterocycles. The summed E-state index contributed by atoms with van der Waals surface area (Å²) in [5.74, 6) is 1.04. The van der Waals surface area contributed by atoms with Gasteiger partial charge in [-0.25, -0.2) is 9.20 Å². The van der Waals surface area contributed by atoms with Gasteiger partial charge in [-0.2, -0.15) is 10.2 Å². The lowest BCUT2D eigenvalue weighted by molar-refractivity contribution is -0.121. The van der Waals surface area contributed by atoms with E-state index in [9.17, 15) is 9.59 Å². The third kappa shape index (κ3) is 3.44. The Bertz CT molecular complexity index is 988. The lowest BCUT2D eigenvalue weighted by Gasteiger charge is -2.07. The fourth-order valence-corrected chi connectivity index (χ4v) is 2.64. The average Bonchev–Trinajstić information content (AvgIpc) is 3.10. The van der Waals surface area contributed by atoms with Crippen LogP contribution in [0.1, 0.15) is 19.2 Å². The van der Waals surface area contributed by atoms with Crippen molar-refractivity contribution in [1.82, 2.24) is 24.7 Å². The maximum Gasteiger partial charge on any atom is 0.293 e. The third-order valence-electron chi connectivity index (χ3n) is 3.99. The molecule has 26 heavy (non-hydrogen) atoms. The van der Waals surface area contributed by atoms with E-state index in [4.69, 9.17) is 4.74 Å². The summed E-state index contributed by atoms with van der Waals surface area (Å²) in [6.07, 6.45) is 0.833. The van der Waals surface area contributed by atoms with Crippen molar-refractivity contribution in [2.45, 2.75) is 26.8 Å². The number of ether oxygens (including phenoxy) is 1. The predicted octanol–water partition coefficient (Wildman–Crippen LogP) is 1.40. The van der Waals surface area contributed by atoms with Gasteiger partial charge in [-0.05, 0) is 43.7 Å². The topological polar surface area (TPSA) is 90.5 Å². The summed E-state index contributed by atoms with van der Waals surface area (Å²) in [6.45, 7) is 4.17. The number of nitrogens with one attached hydrogen (secondary N) is 1. The largest absolute Gasteiger partial charge is 0.497 e. The predicted molar refractivity (Wildman–Crippen MR) is 97.3 cm³/mol. The van der Waals surface area contributed by atoms with Gasteiger partial charge in [0.05, 0.1) is 12.8 Å². The van der Waals surface area contributed by atoms with Crippen LogP contribution >= 0.6 is 0 Å². The fourth-order valence-electron chi connectivity index (χ4n) is 2.64. The van der Waals surface area contributed by atoms with Gasteiger partial charge in [0, 0.05) is 12.1 Å². The zero-order valence-corrected chi connectivity index (χ0v) is 15.0. The van der Waals surface area contributed by atoms with E-state index in [2.05, 4.69) is 15.5 Å². The number of nitrogens with zero attached hydrogens (tertiary/aromatic N) is 4. The third-order valence-corrected chi connectivity index (χ3v) is 3.99. The molecule has 0 spiro atoms. The Morgan fingerprint density at radius 3 is 2.62 bits per heavy atom. The van der Waals surface area contributed by atoms with Crippen LogP contribution in [0.2, 0.25) is 0 Å². The normalized spacial score (nSPS) is 10.9. The van der Waals surface area contributed by atoms with Crippen LogP contribution in [0.15, 0.2) is 35.1 Å². The van der Waals surface area contributed by atoms with Gasteiger partial charge in [0.25, 0.3) is 5.56 Å². The summed E-state index contributed by atoms with van der Waals surface area (Å²) in [6, 6.07) is 9.13. The van der Waals surface area contributed by atoms with Gasteiger partial charge in [0.1, 0.15) is 23.6 Å². The maximum absolute atomic E-state index is 12.7. The van der Waals surface area contributed by atoms with Crippen LogP contribution in [0.25, 0.3) is 16.8 Å². The fraction of sp³-hybridized carbons (Fsp3) is 0.333. The molecule has 0 saturated carbocycles. The number of fused-ring (bicyclic) bond motifs is 1. The standard InChI is InChI=1S/C18H21N5O3/c1-4-9-19-17(24)11-22-18(25)16-10-15(21-23(16)12(2)20-22)13-5-7-14(26-3)8-6-13/h5-8,10H,4,9,11H2,1-3H3,(H,19,24). The molecular weight excluding hydrogens is 334 g/mol. The Morgan fingerprint density at radius 1 is 1.23 bits per heavy atom. The minimum Gasteiger partial charge on any atom is -0.497 e. The average molecular weight is 355 g/mol. The van der Waals surface area contributed by atoms with E-state index in [1.807, 2.05) is 31.2 Å². The summed E-state index contributed by atoms with van der Waals surface area (Å²) in [4.78, 5) is 24.6. The molecule has 2 heterocycles. The zero-order valence-electron chi connectivity index (χ0n) is 15.0. The molecule has 3 rings (SSSR count). The molecule has 0 unspecified atom stereocenters. The first kappa shape index (κ1) is 17.7. The molecular formula is C18H21N5O3. The van der Waals surface area contributed by atoms with Gasteiger partial charge in [-0.15, -0.1) is 0 Å². The smallest absolute Gasteiger partial charge is 0.293 e. The number of rotatable bonds is 6. The molecule has 0 saturated heterocycles. The second kappa shape index (κ2) is 7.38. The molecule has 1 amide bonds. The highest BCUT2D eigenvalue weighted by Crippen LogP contribution is 2.21. The number of benzene rings is 1. The van der Waals surface area contributed by atoms with Gasteiger partial charge in [0.2, 0.25) is 5.91 Å². The molecule has 0 bridgehead atoms. The number of aromatic nitrogens is 4. The van der Waals surface area contributed by atoms with Crippen molar-refractivity contribution in [1.29, 1.82) is 0 Å². The van der Waals surface area contributed by atoms with Crippen LogP contribution in [0, 0.1) is 6.92 Å². The number of carbonyl (C=O) groups excluding carboxylic acids is 1. The molecule has 0 radical (unpaired) electrons. The highest BCUT2D eigenvalue weighted by atomic mass is 16.5. The van der Waals surface area contributed by atoms with E-state index >= 15 is 0 Å². The number of hydrogen-bond donors (Lipinski definition) is 1. The van der Waals surface area contributed by atoms with Crippen molar-refractivity contribution >= 4 is 11.4 Å². The first-order chi connectivity index (χ1) is 12.5. The van der Waals surface area contributed by atoms with Crippen molar-refractivity contribution in [3.05, 3.63) is 46.5 Å². The molecule has 1 aromatic carbocycles. The van der Waals surface area contributed by atoms with E-state index in [0.717, 1.165) is 17.7 Å². The lowest BCUT2D eigenvalue weighted by Crippen LogP contribution is -2.35. The molecule has 136 valence electrons. The van der Waals surface area contributed by atoms with E-state index in [0.29, 0.717) is 23.6 Å². The first-order valence-corrected chi connectivity index (χ1v) is 8.42. The second-order valence-corrected chi connectivity index (χ2v) is 5.92. The SMILES string of the molecule is CCCNC(=O)Cn1nc(C)n2nc(-c3ccc(OC)cc3)cc2c1=O.